The Morgan fingerprint density at radius 2 is 1.88 bits per heavy atom. The van der Waals surface area contributed by atoms with Gasteiger partial charge in [-0.3, -0.25) is 0 Å². The highest BCUT2D eigenvalue weighted by molar-refractivity contribution is 5.18. The van der Waals surface area contributed by atoms with Gasteiger partial charge in [0.2, 0.25) is 0 Å². The Labute approximate surface area is 150 Å². The van der Waals surface area contributed by atoms with Crippen molar-refractivity contribution in [2.75, 3.05) is 19.8 Å². The van der Waals surface area contributed by atoms with Crippen LogP contribution in [0.15, 0.2) is 11.6 Å². The lowest BCUT2D eigenvalue weighted by Gasteiger charge is -2.60. The molecule has 144 valence electrons. The van der Waals surface area contributed by atoms with Crippen molar-refractivity contribution in [1.29, 1.82) is 0 Å². The molecule has 5 heteroatoms. The summed E-state index contributed by atoms with van der Waals surface area (Å²) in [5.74, 6) is 0.732. The van der Waals surface area contributed by atoms with Gasteiger partial charge < -0.3 is 25.2 Å². The van der Waals surface area contributed by atoms with Gasteiger partial charge in [0.05, 0.1) is 31.5 Å². The third-order valence-corrected chi connectivity index (χ3v) is 7.71. The number of fused-ring (bicyclic) bond motifs is 1. The maximum absolute atomic E-state index is 10.5. The molecule has 2 aliphatic carbocycles. The smallest absolute Gasteiger partial charge is 0.100 e. The Kier molecular flexibility index (Phi) is 5.10. The summed E-state index contributed by atoms with van der Waals surface area (Å²) in [5, 5.41) is 39.1. The Morgan fingerprint density at radius 3 is 2.44 bits per heavy atom. The molecule has 6 atom stereocenters. The predicted octanol–water partition coefficient (Wildman–Crippen LogP) is 1.63. The molecule has 4 N–H and O–H groups in total. The fourth-order valence-corrected chi connectivity index (χ4v) is 5.97. The molecule has 0 aromatic carbocycles. The first-order valence-corrected chi connectivity index (χ1v) is 9.62. The second kappa shape index (κ2) is 6.61. The van der Waals surface area contributed by atoms with Crippen LogP contribution in [0.4, 0.5) is 0 Å². The molecular weight excluding hydrogens is 320 g/mol. The third kappa shape index (κ3) is 3.08. The highest BCUT2D eigenvalue weighted by Gasteiger charge is 2.65. The summed E-state index contributed by atoms with van der Waals surface area (Å²) in [4.78, 5) is 0. The van der Waals surface area contributed by atoms with Gasteiger partial charge in [0, 0.05) is 0 Å². The number of hydrogen-bond donors (Lipinski definition) is 4. The van der Waals surface area contributed by atoms with Crippen molar-refractivity contribution >= 4 is 0 Å². The minimum Gasteiger partial charge on any atom is -0.393 e. The van der Waals surface area contributed by atoms with Crippen molar-refractivity contribution in [2.45, 2.75) is 70.7 Å². The lowest BCUT2D eigenvalue weighted by atomic mass is 9.45. The highest BCUT2D eigenvalue weighted by Crippen LogP contribution is 2.66. The summed E-state index contributed by atoms with van der Waals surface area (Å²) >= 11 is 0. The lowest BCUT2D eigenvalue weighted by molar-refractivity contribution is -0.153. The molecule has 1 heterocycles. The quantitative estimate of drug-likeness (QED) is 0.445. The van der Waals surface area contributed by atoms with Crippen LogP contribution in [-0.4, -0.2) is 58.1 Å². The Hall–Kier alpha value is -0.460. The number of aliphatic hydroxyl groups is 4. The molecule has 6 unspecified atom stereocenters. The van der Waals surface area contributed by atoms with E-state index in [-0.39, 0.29) is 35.7 Å². The van der Waals surface area contributed by atoms with E-state index in [9.17, 15) is 15.3 Å². The van der Waals surface area contributed by atoms with E-state index in [0.29, 0.717) is 17.4 Å². The molecule has 1 spiro atoms. The molecule has 0 bridgehead atoms. The average molecular weight is 354 g/mol. The fraction of sp³-hybridized carbons (Fsp3) is 0.900. The molecule has 0 aromatic heterocycles. The van der Waals surface area contributed by atoms with E-state index in [2.05, 4.69) is 20.8 Å². The van der Waals surface area contributed by atoms with Crippen LogP contribution >= 0.6 is 0 Å². The Bertz CT molecular complexity index is 524. The zero-order chi connectivity index (χ0) is 18.5. The van der Waals surface area contributed by atoms with Crippen molar-refractivity contribution in [2.24, 2.45) is 22.7 Å². The van der Waals surface area contributed by atoms with Crippen LogP contribution in [0, 0.1) is 22.7 Å². The molecule has 3 aliphatic rings. The van der Waals surface area contributed by atoms with Crippen LogP contribution in [0.3, 0.4) is 0 Å². The highest BCUT2D eigenvalue weighted by atomic mass is 16.6. The monoisotopic (exact) mass is 354 g/mol. The second-order valence-electron chi connectivity index (χ2n) is 9.25. The van der Waals surface area contributed by atoms with Gasteiger partial charge in [0.1, 0.15) is 6.10 Å². The Morgan fingerprint density at radius 1 is 1.20 bits per heavy atom. The van der Waals surface area contributed by atoms with Crippen LogP contribution in [0.5, 0.6) is 0 Å². The molecular formula is C20H34O5. The van der Waals surface area contributed by atoms with E-state index in [1.54, 1.807) is 0 Å². The normalized spacial score (nSPS) is 44.4. The maximum atomic E-state index is 10.5. The maximum Gasteiger partial charge on any atom is 0.100 e. The topological polar surface area (TPSA) is 93.5 Å². The van der Waals surface area contributed by atoms with Gasteiger partial charge in [0.25, 0.3) is 0 Å². The first-order valence-electron chi connectivity index (χ1n) is 9.62. The van der Waals surface area contributed by atoms with Crippen LogP contribution in [0.2, 0.25) is 0 Å². The summed E-state index contributed by atoms with van der Waals surface area (Å²) in [5.41, 5.74) is 0.360. The minimum absolute atomic E-state index is 0.0682. The van der Waals surface area contributed by atoms with Gasteiger partial charge in [-0.1, -0.05) is 26.8 Å². The molecule has 0 radical (unpaired) electrons. The zero-order valence-electron chi connectivity index (χ0n) is 15.7. The standard InChI is InChI=1S/C20H34O5/c1-18(2)15-6-9-20(12-25-20)16(19(15,3)8-7-17(18)24)5-4-13(10-21)14(23)11-22/h4,14-17,21-24H,5-12H2,1-3H3. The van der Waals surface area contributed by atoms with Crippen molar-refractivity contribution in [1.82, 2.24) is 0 Å². The van der Waals surface area contributed by atoms with Crippen LogP contribution < -0.4 is 0 Å². The summed E-state index contributed by atoms with van der Waals surface area (Å²) in [7, 11) is 0. The van der Waals surface area contributed by atoms with E-state index in [1.807, 2.05) is 6.08 Å². The van der Waals surface area contributed by atoms with Crippen LogP contribution in [0.25, 0.3) is 0 Å². The number of epoxide rings is 1. The van der Waals surface area contributed by atoms with E-state index < -0.39 is 6.10 Å². The van der Waals surface area contributed by atoms with Gasteiger partial charge >= 0.3 is 0 Å². The number of rotatable bonds is 5. The largest absolute Gasteiger partial charge is 0.393 e. The van der Waals surface area contributed by atoms with Crippen molar-refractivity contribution in [3.8, 4) is 0 Å². The number of allylic oxidation sites excluding steroid dienone is 1. The van der Waals surface area contributed by atoms with E-state index in [1.165, 1.54) is 0 Å². The molecule has 2 saturated carbocycles. The van der Waals surface area contributed by atoms with Crippen LogP contribution in [-0.2, 0) is 4.74 Å². The lowest BCUT2D eigenvalue weighted by Crippen LogP contribution is -2.58. The van der Waals surface area contributed by atoms with Gasteiger partial charge in [-0.05, 0) is 60.3 Å². The van der Waals surface area contributed by atoms with Gasteiger partial charge in [-0.2, -0.15) is 0 Å². The summed E-state index contributed by atoms with van der Waals surface area (Å²) in [6, 6.07) is 0. The number of hydrogen-bond acceptors (Lipinski definition) is 5. The van der Waals surface area contributed by atoms with E-state index in [0.717, 1.165) is 38.7 Å². The van der Waals surface area contributed by atoms with Crippen molar-refractivity contribution in [3.63, 3.8) is 0 Å². The molecule has 25 heavy (non-hydrogen) atoms. The molecule has 3 rings (SSSR count). The molecule has 1 saturated heterocycles. The van der Waals surface area contributed by atoms with Gasteiger partial charge in [-0.25, -0.2) is 0 Å². The summed E-state index contributed by atoms with van der Waals surface area (Å²) < 4.78 is 5.95. The molecule has 0 amide bonds. The minimum atomic E-state index is -1.00. The van der Waals surface area contributed by atoms with Gasteiger partial charge in [0.15, 0.2) is 0 Å². The first kappa shape index (κ1) is 19.3. The summed E-state index contributed by atoms with van der Waals surface area (Å²) in [6.07, 6.45) is 5.24. The van der Waals surface area contributed by atoms with Crippen LogP contribution in [0.1, 0.15) is 52.9 Å². The number of aliphatic hydroxyl groups excluding tert-OH is 4. The average Bonchev–Trinajstić information content (AvgIpc) is 3.34. The third-order valence-electron chi connectivity index (χ3n) is 7.71. The second-order valence-corrected chi connectivity index (χ2v) is 9.25. The van der Waals surface area contributed by atoms with Gasteiger partial charge in [-0.15, -0.1) is 0 Å². The first-order chi connectivity index (χ1) is 11.7. The van der Waals surface area contributed by atoms with E-state index in [4.69, 9.17) is 9.84 Å². The van der Waals surface area contributed by atoms with E-state index >= 15 is 0 Å². The zero-order valence-corrected chi connectivity index (χ0v) is 15.7. The Balaban J connectivity index is 1.89. The molecule has 5 nitrogen and oxygen atoms in total. The SMILES string of the molecule is CC1(C)C(O)CCC2(C)C(CC=C(CO)C(O)CO)C3(CCC12)CO3. The fourth-order valence-electron chi connectivity index (χ4n) is 5.97. The summed E-state index contributed by atoms with van der Waals surface area (Å²) in [6.45, 7) is 6.88. The molecule has 3 fully saturated rings. The van der Waals surface area contributed by atoms with Crippen molar-refractivity contribution in [3.05, 3.63) is 11.6 Å². The number of ether oxygens (including phenoxy) is 1. The predicted molar refractivity (Wildman–Crippen MR) is 94.9 cm³/mol. The molecule has 1 aliphatic heterocycles. The van der Waals surface area contributed by atoms with Crippen molar-refractivity contribution < 1.29 is 25.2 Å². The molecule has 0 aromatic rings.